The van der Waals surface area contributed by atoms with Crippen molar-refractivity contribution in [2.75, 3.05) is 11.9 Å². The molecule has 1 fully saturated rings. The molecule has 0 saturated heterocycles. The number of nitrogens with one attached hydrogen (secondary N) is 1. The van der Waals surface area contributed by atoms with E-state index in [-0.39, 0.29) is 30.6 Å². The minimum absolute atomic E-state index is 0.0745. The summed E-state index contributed by atoms with van der Waals surface area (Å²) in [5.74, 6) is -3.24. The third-order valence-corrected chi connectivity index (χ3v) is 7.11. The highest BCUT2D eigenvalue weighted by Crippen LogP contribution is 2.59. The predicted molar refractivity (Wildman–Crippen MR) is 134 cm³/mol. The molecule has 4 rings (SSSR count). The first kappa shape index (κ1) is 28.1. The fourth-order valence-corrected chi connectivity index (χ4v) is 4.77. The number of rotatable bonds is 8. The summed E-state index contributed by atoms with van der Waals surface area (Å²) in [6, 6.07) is 9.65. The molecule has 2 atom stereocenters. The van der Waals surface area contributed by atoms with Crippen molar-refractivity contribution < 1.29 is 41.4 Å². The summed E-state index contributed by atoms with van der Waals surface area (Å²) in [5, 5.41) is 11.8. The van der Waals surface area contributed by atoms with Crippen molar-refractivity contribution in [3.8, 4) is 5.75 Å². The van der Waals surface area contributed by atoms with Gasteiger partial charge in [0, 0.05) is 24.0 Å². The summed E-state index contributed by atoms with van der Waals surface area (Å²) < 4.78 is 73.8. The van der Waals surface area contributed by atoms with Gasteiger partial charge in [0.1, 0.15) is 17.4 Å². The van der Waals surface area contributed by atoms with Crippen LogP contribution in [-0.4, -0.2) is 23.6 Å². The van der Waals surface area contributed by atoms with Gasteiger partial charge < -0.3 is 15.2 Å². The highest BCUT2D eigenvalue weighted by atomic mass is 19.4. The first-order valence-electron chi connectivity index (χ1n) is 12.1. The third-order valence-electron chi connectivity index (χ3n) is 7.11. The van der Waals surface area contributed by atoms with Gasteiger partial charge in [-0.15, -0.1) is 0 Å². The van der Waals surface area contributed by atoms with Gasteiger partial charge in [0.15, 0.2) is 0 Å². The van der Waals surface area contributed by atoms with E-state index in [0.717, 1.165) is 18.2 Å². The van der Waals surface area contributed by atoms with Crippen LogP contribution in [0.3, 0.4) is 0 Å². The fraction of sp³-hybridized carbons (Fsp3) is 0.310. The van der Waals surface area contributed by atoms with Crippen LogP contribution in [0.15, 0.2) is 48.5 Å². The monoisotopic (exact) mass is 547 g/mol. The maximum atomic E-state index is 13.8. The average Bonchev–Trinajstić information content (AvgIpc) is 3.52. The molecule has 0 heterocycles. The first-order valence-corrected chi connectivity index (χ1v) is 12.1. The van der Waals surface area contributed by atoms with Crippen LogP contribution in [0, 0.1) is 30.9 Å². The molecule has 1 saturated carbocycles. The Morgan fingerprint density at radius 3 is 2.28 bits per heavy atom. The molecule has 39 heavy (non-hydrogen) atoms. The lowest BCUT2D eigenvalue weighted by atomic mass is 9.98. The topological polar surface area (TPSA) is 75.6 Å². The smallest absolute Gasteiger partial charge is 0.418 e. The van der Waals surface area contributed by atoms with E-state index in [9.17, 15) is 36.6 Å². The number of halogens is 5. The molecule has 1 aliphatic rings. The molecule has 3 aromatic carbocycles. The Morgan fingerprint density at radius 1 is 1.05 bits per heavy atom. The van der Waals surface area contributed by atoms with Gasteiger partial charge in [0.2, 0.25) is 0 Å². The second-order valence-electron chi connectivity index (χ2n) is 10.0. The molecule has 0 aliphatic heterocycles. The molecule has 1 unspecified atom stereocenters. The van der Waals surface area contributed by atoms with Gasteiger partial charge in [-0.2, -0.15) is 13.2 Å². The van der Waals surface area contributed by atoms with Crippen molar-refractivity contribution in [3.05, 3.63) is 93.5 Å². The van der Waals surface area contributed by atoms with Gasteiger partial charge in [-0.3, -0.25) is 9.59 Å². The minimum atomic E-state index is -4.74. The van der Waals surface area contributed by atoms with Crippen molar-refractivity contribution in [2.24, 2.45) is 5.41 Å². The maximum absolute atomic E-state index is 13.8. The molecule has 5 nitrogen and oxygen atoms in total. The maximum Gasteiger partial charge on any atom is 0.418 e. The Balaban J connectivity index is 1.53. The normalized spacial score (nSPS) is 18.5. The van der Waals surface area contributed by atoms with Crippen LogP contribution in [0.4, 0.5) is 27.6 Å². The number of aryl methyl sites for hydroxylation is 2. The largest absolute Gasteiger partial charge is 0.493 e. The number of carbonyl (C=O) groups is 2. The molecule has 1 amide bonds. The number of ether oxygens (including phenoxy) is 1. The van der Waals surface area contributed by atoms with Crippen LogP contribution in [0.5, 0.6) is 5.75 Å². The van der Waals surface area contributed by atoms with Crippen molar-refractivity contribution in [1.29, 1.82) is 0 Å². The molecule has 1 aliphatic carbocycles. The van der Waals surface area contributed by atoms with Crippen molar-refractivity contribution in [2.45, 2.75) is 45.7 Å². The molecule has 10 heteroatoms. The number of carboxylic acids is 1. The molecule has 0 radical (unpaired) electrons. The van der Waals surface area contributed by atoms with E-state index in [2.05, 4.69) is 5.32 Å². The quantitative estimate of drug-likeness (QED) is 0.296. The van der Waals surface area contributed by atoms with E-state index in [1.54, 1.807) is 26.0 Å². The number of anilines is 1. The number of alkyl halides is 3. The van der Waals surface area contributed by atoms with Crippen molar-refractivity contribution in [3.63, 3.8) is 0 Å². The number of amides is 1. The zero-order chi connectivity index (χ0) is 28.7. The van der Waals surface area contributed by atoms with Crippen LogP contribution in [0.25, 0.3) is 0 Å². The molecule has 2 N–H and O–H groups in total. The van der Waals surface area contributed by atoms with E-state index in [1.165, 1.54) is 25.1 Å². The number of carbonyl (C=O) groups excluding carboxylic acids is 1. The molecule has 0 bridgehead atoms. The van der Waals surface area contributed by atoms with Crippen LogP contribution in [0.2, 0.25) is 0 Å². The number of hydrogen-bond acceptors (Lipinski definition) is 3. The van der Waals surface area contributed by atoms with Crippen LogP contribution in [-0.2, 0) is 17.4 Å². The van der Waals surface area contributed by atoms with Gasteiger partial charge in [0.25, 0.3) is 5.91 Å². The zero-order valence-electron chi connectivity index (χ0n) is 21.4. The average molecular weight is 548 g/mol. The minimum Gasteiger partial charge on any atom is -0.493 e. The van der Waals surface area contributed by atoms with Crippen molar-refractivity contribution in [1.82, 2.24) is 0 Å². The predicted octanol–water partition coefficient (Wildman–Crippen LogP) is 7.05. The number of benzene rings is 3. The summed E-state index contributed by atoms with van der Waals surface area (Å²) in [6.07, 6.45) is -4.29. The molecule has 0 aromatic heterocycles. The first-order chi connectivity index (χ1) is 18.2. The fourth-order valence-electron chi connectivity index (χ4n) is 4.77. The Hall–Kier alpha value is -3.95. The van der Waals surface area contributed by atoms with E-state index < -0.39 is 52.3 Å². The number of carboxylic acid groups (broad SMARTS) is 1. The van der Waals surface area contributed by atoms with Crippen LogP contribution >= 0.6 is 0 Å². The highest BCUT2D eigenvalue weighted by molar-refractivity contribution is 6.07. The lowest BCUT2D eigenvalue weighted by molar-refractivity contribution is -0.143. The van der Waals surface area contributed by atoms with E-state index in [1.807, 2.05) is 0 Å². The van der Waals surface area contributed by atoms with Gasteiger partial charge in [-0.25, -0.2) is 8.78 Å². The summed E-state index contributed by atoms with van der Waals surface area (Å²) in [7, 11) is 0. The second-order valence-corrected chi connectivity index (χ2v) is 10.0. The van der Waals surface area contributed by atoms with Gasteiger partial charge >= 0.3 is 12.1 Å². The summed E-state index contributed by atoms with van der Waals surface area (Å²) in [6.45, 7) is 4.82. The number of hydrogen-bond donors (Lipinski definition) is 2. The molecular formula is C29H26F5NO4. The number of aliphatic carboxylic acids is 1. The Morgan fingerprint density at radius 2 is 1.72 bits per heavy atom. The van der Waals surface area contributed by atoms with Gasteiger partial charge in [-0.1, -0.05) is 12.1 Å². The van der Waals surface area contributed by atoms with Crippen LogP contribution < -0.4 is 10.1 Å². The lowest BCUT2D eigenvalue weighted by Gasteiger charge is -2.18. The summed E-state index contributed by atoms with van der Waals surface area (Å²) >= 11 is 0. The summed E-state index contributed by atoms with van der Waals surface area (Å²) in [5.41, 5.74) is -0.831. The molecular weight excluding hydrogens is 521 g/mol. The second kappa shape index (κ2) is 10.3. The molecule has 206 valence electrons. The van der Waals surface area contributed by atoms with Gasteiger partial charge in [-0.05, 0) is 79.8 Å². The summed E-state index contributed by atoms with van der Waals surface area (Å²) in [4.78, 5) is 24.7. The molecule has 0 spiro atoms. The van der Waals surface area contributed by atoms with Gasteiger partial charge in [0.05, 0.1) is 23.3 Å². The lowest BCUT2D eigenvalue weighted by Crippen LogP contribution is -2.19. The van der Waals surface area contributed by atoms with Crippen LogP contribution in [0.1, 0.15) is 57.4 Å². The molecule has 3 aromatic rings. The Kier molecular flexibility index (Phi) is 7.42. The third kappa shape index (κ3) is 5.89. The highest BCUT2D eigenvalue weighted by Gasteiger charge is 2.57. The zero-order valence-corrected chi connectivity index (χ0v) is 21.4. The SMILES string of the molecule is Cc1cc(OCCc2ccc(F)cc2F)cc(C)c1C(=O)Nc1cc([C@H]2CC2(C)C(=O)O)ccc1C(F)(F)F. The van der Waals surface area contributed by atoms with E-state index in [4.69, 9.17) is 4.74 Å². The Labute approximate surface area is 221 Å². The van der Waals surface area contributed by atoms with E-state index >= 15 is 0 Å². The van der Waals surface area contributed by atoms with E-state index in [0.29, 0.717) is 22.4 Å². The van der Waals surface area contributed by atoms with Crippen molar-refractivity contribution >= 4 is 17.6 Å². The Bertz CT molecular complexity index is 1430. The standard InChI is InChI=1S/C29H26F5NO4/c1-15-10-20(39-9-8-17-4-6-19(30)13-23(17)31)11-16(2)25(15)26(36)35-24-12-18(5-7-21(24)29(32,33)34)22-14-28(22,3)27(37)38/h4-7,10-13,22H,8-9,14H2,1-3H3,(H,35,36)(H,37,38)/t22-,28?/m1/s1.